The average molecular weight is 351 g/mol. The summed E-state index contributed by atoms with van der Waals surface area (Å²) in [6, 6.07) is 7.75. The number of anilines is 1. The third-order valence-corrected chi connectivity index (χ3v) is 4.04. The normalized spacial score (nSPS) is 10.5. The Morgan fingerprint density at radius 3 is 2.67 bits per heavy atom. The fraction of sp³-hybridized carbons (Fsp3) is 0.312. The molecule has 0 unspecified atom stereocenters. The molecular formula is C16H18FN3O3S. The van der Waals surface area contributed by atoms with Crippen LogP contribution in [0.4, 0.5) is 10.2 Å². The van der Waals surface area contributed by atoms with Crippen molar-refractivity contribution < 1.29 is 18.7 Å². The molecule has 1 aromatic carbocycles. The summed E-state index contributed by atoms with van der Waals surface area (Å²) in [5.74, 6) is -0.139. The summed E-state index contributed by atoms with van der Waals surface area (Å²) in [5.41, 5.74) is 0.780. The highest BCUT2D eigenvalue weighted by Crippen LogP contribution is 2.19. The van der Waals surface area contributed by atoms with Crippen molar-refractivity contribution in [3.05, 3.63) is 41.8 Å². The Morgan fingerprint density at radius 1 is 1.33 bits per heavy atom. The molecule has 8 heteroatoms. The Hall–Kier alpha value is -2.35. The number of aromatic nitrogens is 2. The molecule has 1 aromatic heterocycles. The van der Waals surface area contributed by atoms with Crippen LogP contribution in [0.3, 0.4) is 0 Å². The lowest BCUT2D eigenvalue weighted by Crippen LogP contribution is -2.22. The zero-order valence-corrected chi connectivity index (χ0v) is 14.2. The quantitative estimate of drug-likeness (QED) is 0.613. The smallest absolute Gasteiger partial charge is 0.307 e. The summed E-state index contributed by atoms with van der Waals surface area (Å²) in [6.07, 6.45) is 0.167. The van der Waals surface area contributed by atoms with Crippen molar-refractivity contribution in [1.82, 2.24) is 9.78 Å². The minimum atomic E-state index is -0.457. The van der Waals surface area contributed by atoms with Crippen LogP contribution >= 0.6 is 11.8 Å². The minimum Gasteiger partial charge on any atom is -0.456 e. The number of nitrogens with one attached hydrogen (secondary N) is 1. The number of carbonyl (C=O) groups is 2. The van der Waals surface area contributed by atoms with Gasteiger partial charge in [-0.1, -0.05) is 0 Å². The first-order valence-electron chi connectivity index (χ1n) is 7.28. The minimum absolute atomic E-state index is 0.167. The van der Waals surface area contributed by atoms with E-state index in [4.69, 9.17) is 4.74 Å². The van der Waals surface area contributed by atoms with Crippen LogP contribution in [0.15, 0.2) is 35.2 Å². The fourth-order valence-electron chi connectivity index (χ4n) is 1.91. The lowest BCUT2D eigenvalue weighted by atomic mass is 10.4. The molecule has 2 aromatic rings. The van der Waals surface area contributed by atoms with Crippen LogP contribution < -0.4 is 5.32 Å². The predicted molar refractivity (Wildman–Crippen MR) is 89.3 cm³/mol. The van der Waals surface area contributed by atoms with Crippen LogP contribution in [0, 0.1) is 12.7 Å². The molecule has 128 valence electrons. The number of hydrogen-bond donors (Lipinski definition) is 1. The monoisotopic (exact) mass is 351 g/mol. The van der Waals surface area contributed by atoms with Crippen molar-refractivity contribution in [1.29, 1.82) is 0 Å². The number of hydrogen-bond acceptors (Lipinski definition) is 5. The number of carbonyl (C=O) groups excluding carboxylic acids is 2. The van der Waals surface area contributed by atoms with E-state index in [-0.39, 0.29) is 18.8 Å². The summed E-state index contributed by atoms with van der Waals surface area (Å²) >= 11 is 1.42. The molecule has 0 aliphatic carbocycles. The van der Waals surface area contributed by atoms with Gasteiger partial charge in [0, 0.05) is 23.8 Å². The summed E-state index contributed by atoms with van der Waals surface area (Å²) in [6.45, 7) is 1.47. The van der Waals surface area contributed by atoms with Crippen LogP contribution in [0.1, 0.15) is 12.1 Å². The number of thioether (sulfide) groups is 1. The Kier molecular flexibility index (Phi) is 6.36. The van der Waals surface area contributed by atoms with Crippen molar-refractivity contribution in [2.45, 2.75) is 18.2 Å². The first-order valence-corrected chi connectivity index (χ1v) is 8.27. The first-order chi connectivity index (χ1) is 11.4. The summed E-state index contributed by atoms with van der Waals surface area (Å²) in [4.78, 5) is 24.2. The van der Waals surface area contributed by atoms with E-state index in [9.17, 15) is 14.0 Å². The van der Waals surface area contributed by atoms with E-state index in [0.29, 0.717) is 11.6 Å². The number of ether oxygens (including phenoxy) is 1. The highest BCUT2D eigenvalue weighted by Gasteiger charge is 2.10. The number of esters is 1. The van der Waals surface area contributed by atoms with Crippen molar-refractivity contribution in [3.8, 4) is 0 Å². The van der Waals surface area contributed by atoms with E-state index in [1.165, 1.54) is 28.6 Å². The molecule has 0 radical (unpaired) electrons. The zero-order valence-electron chi connectivity index (χ0n) is 13.4. The van der Waals surface area contributed by atoms with Crippen molar-refractivity contribution >= 4 is 29.5 Å². The van der Waals surface area contributed by atoms with E-state index in [1.54, 1.807) is 25.2 Å². The van der Waals surface area contributed by atoms with Crippen molar-refractivity contribution in [2.75, 3.05) is 17.7 Å². The van der Waals surface area contributed by atoms with Gasteiger partial charge in [-0.3, -0.25) is 14.3 Å². The molecule has 0 fully saturated rings. The Labute approximate surface area is 143 Å². The summed E-state index contributed by atoms with van der Waals surface area (Å²) in [7, 11) is 1.71. The maximum absolute atomic E-state index is 12.8. The number of rotatable bonds is 7. The van der Waals surface area contributed by atoms with E-state index >= 15 is 0 Å². The van der Waals surface area contributed by atoms with Gasteiger partial charge in [0.25, 0.3) is 5.91 Å². The van der Waals surface area contributed by atoms with E-state index < -0.39 is 11.9 Å². The van der Waals surface area contributed by atoms with Gasteiger partial charge in [-0.2, -0.15) is 5.10 Å². The van der Waals surface area contributed by atoms with Crippen LogP contribution in [0.25, 0.3) is 0 Å². The van der Waals surface area contributed by atoms with Gasteiger partial charge in [0.05, 0.1) is 12.1 Å². The highest BCUT2D eigenvalue weighted by atomic mass is 32.2. The molecule has 0 atom stereocenters. The largest absolute Gasteiger partial charge is 0.456 e. The standard InChI is InChI=1S/C16H18FN3O3S/c1-11-9-14(20(2)19-11)18-15(21)10-23-16(22)7-8-24-13-5-3-12(17)4-6-13/h3-6,9H,7-8,10H2,1-2H3,(H,18,21). The zero-order chi connectivity index (χ0) is 17.5. The Balaban J connectivity index is 1.66. The summed E-state index contributed by atoms with van der Waals surface area (Å²) in [5, 5.41) is 6.72. The second-order valence-electron chi connectivity index (χ2n) is 5.06. The molecule has 0 spiro atoms. The first kappa shape index (κ1) is 18.0. The number of aryl methyl sites for hydroxylation is 2. The number of halogens is 1. The van der Waals surface area contributed by atoms with E-state index in [0.717, 1.165) is 10.6 Å². The lowest BCUT2D eigenvalue weighted by Gasteiger charge is -2.06. The fourth-order valence-corrected chi connectivity index (χ4v) is 2.74. The molecule has 0 saturated heterocycles. The Bertz CT molecular complexity index is 716. The topological polar surface area (TPSA) is 73.2 Å². The second kappa shape index (κ2) is 8.49. The molecule has 0 aliphatic rings. The third kappa shape index (κ3) is 5.69. The van der Waals surface area contributed by atoms with E-state index in [2.05, 4.69) is 10.4 Å². The number of amides is 1. The van der Waals surface area contributed by atoms with Gasteiger partial charge >= 0.3 is 5.97 Å². The SMILES string of the molecule is Cc1cc(NC(=O)COC(=O)CCSc2ccc(F)cc2)n(C)n1. The van der Waals surface area contributed by atoms with Gasteiger partial charge in [0.1, 0.15) is 11.6 Å². The third-order valence-electron chi connectivity index (χ3n) is 3.02. The van der Waals surface area contributed by atoms with Gasteiger partial charge in [-0.05, 0) is 31.2 Å². The van der Waals surface area contributed by atoms with Gasteiger partial charge in [-0.25, -0.2) is 4.39 Å². The molecule has 0 aliphatic heterocycles. The molecule has 6 nitrogen and oxygen atoms in total. The van der Waals surface area contributed by atoms with E-state index in [1.807, 2.05) is 6.92 Å². The number of benzene rings is 1. The molecule has 1 N–H and O–H groups in total. The maximum Gasteiger partial charge on any atom is 0.307 e. The lowest BCUT2D eigenvalue weighted by molar-refractivity contribution is -0.146. The number of nitrogens with zero attached hydrogens (tertiary/aromatic N) is 2. The average Bonchev–Trinajstić information content (AvgIpc) is 2.85. The molecule has 0 saturated carbocycles. The van der Waals surface area contributed by atoms with Crippen LogP contribution in [0.2, 0.25) is 0 Å². The van der Waals surface area contributed by atoms with Gasteiger partial charge in [0.15, 0.2) is 6.61 Å². The van der Waals surface area contributed by atoms with Crippen LogP contribution in [0.5, 0.6) is 0 Å². The van der Waals surface area contributed by atoms with Gasteiger partial charge in [0.2, 0.25) is 0 Å². The molecule has 1 amide bonds. The molecule has 2 rings (SSSR count). The van der Waals surface area contributed by atoms with Crippen LogP contribution in [-0.4, -0.2) is 34.0 Å². The predicted octanol–water partition coefficient (Wildman–Crippen LogP) is 2.53. The van der Waals surface area contributed by atoms with Crippen molar-refractivity contribution in [2.24, 2.45) is 7.05 Å². The molecular weight excluding hydrogens is 333 g/mol. The van der Waals surface area contributed by atoms with Gasteiger partial charge < -0.3 is 10.1 Å². The second-order valence-corrected chi connectivity index (χ2v) is 6.22. The molecule has 0 bridgehead atoms. The molecule has 1 heterocycles. The maximum atomic E-state index is 12.8. The summed E-state index contributed by atoms with van der Waals surface area (Å²) < 4.78 is 19.2. The van der Waals surface area contributed by atoms with Crippen LogP contribution in [-0.2, 0) is 21.4 Å². The van der Waals surface area contributed by atoms with Crippen molar-refractivity contribution in [3.63, 3.8) is 0 Å². The molecule has 24 heavy (non-hydrogen) atoms. The Morgan fingerprint density at radius 2 is 2.04 bits per heavy atom. The van der Waals surface area contributed by atoms with Gasteiger partial charge in [-0.15, -0.1) is 11.8 Å². The highest BCUT2D eigenvalue weighted by molar-refractivity contribution is 7.99.